The predicted octanol–water partition coefficient (Wildman–Crippen LogP) is 1.50. The molecule has 0 bridgehead atoms. The minimum atomic E-state index is -3.95. The summed E-state index contributed by atoms with van der Waals surface area (Å²) in [5, 5.41) is 5.13. The Labute approximate surface area is 180 Å². The van der Waals surface area contributed by atoms with Gasteiger partial charge in [0.25, 0.3) is 0 Å². The molecule has 2 amide bonds. The molecule has 3 N–H and O–H groups in total. The van der Waals surface area contributed by atoms with Crippen LogP contribution in [0.5, 0.6) is 5.75 Å². The van der Waals surface area contributed by atoms with E-state index in [1.807, 2.05) is 0 Å². The molecule has 2 rings (SSSR count). The van der Waals surface area contributed by atoms with Crippen LogP contribution in [0.2, 0.25) is 0 Å². The number of esters is 1. The second-order valence-electron chi connectivity index (χ2n) is 6.43. The Morgan fingerprint density at radius 3 is 2.03 bits per heavy atom. The molecule has 2 aromatic rings. The summed E-state index contributed by atoms with van der Waals surface area (Å²) in [5.41, 5.74) is 0.873. The Bertz CT molecular complexity index is 1040. The number of methoxy groups -OCH3 is 1. The molecule has 0 aromatic heterocycles. The highest BCUT2D eigenvalue weighted by molar-refractivity contribution is 7.89. The molecule has 0 spiro atoms. The number of rotatable bonds is 9. The lowest BCUT2D eigenvalue weighted by molar-refractivity contribution is -0.142. The van der Waals surface area contributed by atoms with Crippen molar-refractivity contribution in [1.82, 2.24) is 4.72 Å². The molecule has 0 unspecified atom stereocenters. The van der Waals surface area contributed by atoms with E-state index in [1.165, 1.54) is 45.2 Å². The van der Waals surface area contributed by atoms with E-state index in [9.17, 15) is 22.8 Å². The van der Waals surface area contributed by atoms with Crippen molar-refractivity contribution in [3.63, 3.8) is 0 Å². The summed E-state index contributed by atoms with van der Waals surface area (Å²) in [7, 11) is -2.70. The van der Waals surface area contributed by atoms with Gasteiger partial charge in [0.2, 0.25) is 21.8 Å². The van der Waals surface area contributed by atoms with Gasteiger partial charge in [-0.1, -0.05) is 0 Å². The first-order valence-electron chi connectivity index (χ1n) is 9.11. The second-order valence-corrected chi connectivity index (χ2v) is 8.14. The fourth-order valence-electron chi connectivity index (χ4n) is 2.36. The average Bonchev–Trinajstić information content (AvgIpc) is 2.72. The highest BCUT2D eigenvalue weighted by Gasteiger charge is 2.22. The van der Waals surface area contributed by atoms with E-state index in [1.54, 1.807) is 24.3 Å². The van der Waals surface area contributed by atoms with E-state index in [-0.39, 0.29) is 17.4 Å². The third-order valence-corrected chi connectivity index (χ3v) is 5.47. The molecule has 0 heterocycles. The predicted molar refractivity (Wildman–Crippen MR) is 113 cm³/mol. The molecule has 0 saturated heterocycles. The highest BCUT2D eigenvalue weighted by atomic mass is 32.2. The third-order valence-electron chi connectivity index (χ3n) is 3.92. The maximum atomic E-state index is 12.5. The maximum absolute atomic E-state index is 12.5. The Balaban J connectivity index is 1.95. The van der Waals surface area contributed by atoms with Crippen LogP contribution in [-0.2, 0) is 29.1 Å². The van der Waals surface area contributed by atoms with Gasteiger partial charge in [0.15, 0.2) is 6.61 Å². The fraction of sp³-hybridized carbons (Fsp3) is 0.250. The Kier molecular flexibility index (Phi) is 8.11. The van der Waals surface area contributed by atoms with Gasteiger partial charge in [-0.05, 0) is 55.5 Å². The van der Waals surface area contributed by atoms with Crippen molar-refractivity contribution in [3.05, 3.63) is 48.5 Å². The van der Waals surface area contributed by atoms with Crippen molar-refractivity contribution >= 4 is 39.2 Å². The zero-order valence-corrected chi connectivity index (χ0v) is 18.0. The topological polar surface area (TPSA) is 140 Å². The number of carbonyl (C=O) groups is 3. The molecular weight excluding hydrogens is 426 g/mol. The van der Waals surface area contributed by atoms with Crippen molar-refractivity contribution < 1.29 is 32.3 Å². The van der Waals surface area contributed by atoms with Crippen LogP contribution in [0.1, 0.15) is 13.8 Å². The Morgan fingerprint density at radius 1 is 0.935 bits per heavy atom. The van der Waals surface area contributed by atoms with Crippen LogP contribution in [0.15, 0.2) is 53.4 Å². The van der Waals surface area contributed by atoms with Gasteiger partial charge in [-0.2, -0.15) is 4.72 Å². The molecule has 2 aromatic carbocycles. The molecule has 166 valence electrons. The first-order valence-corrected chi connectivity index (χ1v) is 10.6. The summed E-state index contributed by atoms with van der Waals surface area (Å²) in [5.74, 6) is -0.966. The summed E-state index contributed by atoms with van der Waals surface area (Å²) < 4.78 is 37.0. The standard InChI is InChI=1S/C20H23N3O7S/c1-13(23-31(27,28)18-10-6-15(7-11-18)21-14(2)24)20(26)22-16-4-8-17(9-5-16)30-12-19(25)29-3/h4-11,13,23H,12H2,1-3H3,(H,21,24)(H,22,26)/t13-/m0/s1. The minimum absolute atomic E-state index is 0.0478. The maximum Gasteiger partial charge on any atom is 0.343 e. The van der Waals surface area contributed by atoms with Gasteiger partial charge in [0.1, 0.15) is 5.75 Å². The Morgan fingerprint density at radius 2 is 1.48 bits per heavy atom. The molecule has 0 aliphatic rings. The number of hydrogen-bond acceptors (Lipinski definition) is 7. The van der Waals surface area contributed by atoms with Crippen molar-refractivity contribution in [2.24, 2.45) is 0 Å². The van der Waals surface area contributed by atoms with Crippen LogP contribution in [0, 0.1) is 0 Å². The van der Waals surface area contributed by atoms with Crippen molar-refractivity contribution in [1.29, 1.82) is 0 Å². The summed E-state index contributed by atoms with van der Waals surface area (Å²) >= 11 is 0. The van der Waals surface area contributed by atoms with Gasteiger partial charge in [0.05, 0.1) is 18.0 Å². The SMILES string of the molecule is COC(=O)COc1ccc(NC(=O)[C@H](C)NS(=O)(=O)c2ccc(NC(C)=O)cc2)cc1. The summed E-state index contributed by atoms with van der Waals surface area (Å²) in [4.78, 5) is 34.4. The third kappa shape index (κ3) is 7.39. The number of anilines is 2. The zero-order chi connectivity index (χ0) is 23.0. The molecule has 0 radical (unpaired) electrons. The first kappa shape index (κ1) is 23.8. The van der Waals surface area contributed by atoms with Gasteiger partial charge in [-0.15, -0.1) is 0 Å². The molecule has 10 nitrogen and oxygen atoms in total. The zero-order valence-electron chi connectivity index (χ0n) is 17.2. The summed E-state index contributed by atoms with van der Waals surface area (Å²) in [6, 6.07) is 10.7. The van der Waals surface area contributed by atoms with Crippen LogP contribution in [0.4, 0.5) is 11.4 Å². The van der Waals surface area contributed by atoms with E-state index in [2.05, 4.69) is 20.1 Å². The van der Waals surface area contributed by atoms with Crippen molar-refractivity contribution in [3.8, 4) is 5.75 Å². The smallest absolute Gasteiger partial charge is 0.343 e. The molecular formula is C20H23N3O7S. The number of nitrogens with one attached hydrogen (secondary N) is 3. The number of benzene rings is 2. The molecule has 0 aliphatic carbocycles. The number of hydrogen-bond donors (Lipinski definition) is 3. The van der Waals surface area contributed by atoms with Crippen molar-refractivity contribution in [2.45, 2.75) is 24.8 Å². The Hall–Kier alpha value is -3.44. The molecule has 0 fully saturated rings. The van der Waals surface area contributed by atoms with E-state index in [4.69, 9.17) is 4.74 Å². The van der Waals surface area contributed by atoms with Gasteiger partial charge >= 0.3 is 5.97 Å². The largest absolute Gasteiger partial charge is 0.482 e. The summed E-state index contributed by atoms with van der Waals surface area (Å²) in [6.07, 6.45) is 0. The van der Waals surface area contributed by atoms with Crippen LogP contribution in [-0.4, -0.2) is 46.0 Å². The highest BCUT2D eigenvalue weighted by Crippen LogP contribution is 2.17. The van der Waals surface area contributed by atoms with E-state index >= 15 is 0 Å². The monoisotopic (exact) mass is 449 g/mol. The lowest BCUT2D eigenvalue weighted by atomic mass is 10.2. The van der Waals surface area contributed by atoms with E-state index < -0.39 is 27.9 Å². The molecule has 11 heteroatoms. The summed E-state index contributed by atoms with van der Waals surface area (Å²) in [6.45, 7) is 2.51. The minimum Gasteiger partial charge on any atom is -0.482 e. The number of ether oxygens (including phenoxy) is 2. The van der Waals surface area contributed by atoms with Gasteiger partial charge in [0, 0.05) is 18.3 Å². The second kappa shape index (κ2) is 10.5. The van der Waals surface area contributed by atoms with E-state index in [0.717, 1.165) is 0 Å². The van der Waals surface area contributed by atoms with Gasteiger partial charge < -0.3 is 20.1 Å². The van der Waals surface area contributed by atoms with Gasteiger partial charge in [-0.3, -0.25) is 9.59 Å². The lowest BCUT2D eigenvalue weighted by Gasteiger charge is -2.15. The average molecular weight is 449 g/mol. The number of amides is 2. The van der Waals surface area contributed by atoms with Crippen molar-refractivity contribution in [2.75, 3.05) is 24.4 Å². The van der Waals surface area contributed by atoms with Crippen LogP contribution in [0.3, 0.4) is 0 Å². The molecule has 0 saturated carbocycles. The fourth-order valence-corrected chi connectivity index (χ4v) is 3.56. The number of carbonyl (C=O) groups excluding carboxylic acids is 3. The molecule has 31 heavy (non-hydrogen) atoms. The normalized spacial score (nSPS) is 11.8. The molecule has 0 aliphatic heterocycles. The van der Waals surface area contributed by atoms with Crippen LogP contribution < -0.4 is 20.1 Å². The van der Waals surface area contributed by atoms with Crippen LogP contribution in [0.25, 0.3) is 0 Å². The van der Waals surface area contributed by atoms with Crippen LogP contribution >= 0.6 is 0 Å². The van der Waals surface area contributed by atoms with E-state index in [0.29, 0.717) is 17.1 Å². The first-order chi connectivity index (χ1) is 14.6. The molecule has 1 atom stereocenters. The lowest BCUT2D eigenvalue weighted by Crippen LogP contribution is -2.41. The number of sulfonamides is 1. The van der Waals surface area contributed by atoms with Gasteiger partial charge in [-0.25, -0.2) is 13.2 Å². The quantitative estimate of drug-likeness (QED) is 0.493.